The lowest BCUT2D eigenvalue weighted by atomic mass is 10.7. The van der Waals surface area contributed by atoms with Crippen molar-refractivity contribution < 1.29 is 13.3 Å². The molecule has 0 saturated heterocycles. The standard InChI is InChI=1S/C4H7NO3S/c1-5-8-3-2-4-9(5,6)7/h2,4H,3H2,1H3. The highest BCUT2D eigenvalue weighted by atomic mass is 32.2. The Labute approximate surface area is 53.7 Å². The van der Waals surface area contributed by atoms with Gasteiger partial charge in [-0.25, -0.2) is 8.42 Å². The molecule has 0 aromatic heterocycles. The van der Waals surface area contributed by atoms with Gasteiger partial charge in [0.25, 0.3) is 10.0 Å². The molecule has 1 heterocycles. The quantitative estimate of drug-likeness (QED) is 0.475. The van der Waals surface area contributed by atoms with Crippen molar-refractivity contribution in [2.75, 3.05) is 13.7 Å². The van der Waals surface area contributed by atoms with Gasteiger partial charge in [0.2, 0.25) is 0 Å². The predicted molar refractivity (Wildman–Crippen MR) is 31.8 cm³/mol. The van der Waals surface area contributed by atoms with Gasteiger partial charge in [-0.3, -0.25) is 4.84 Å². The van der Waals surface area contributed by atoms with E-state index in [9.17, 15) is 8.42 Å². The Morgan fingerprint density at radius 3 is 2.67 bits per heavy atom. The van der Waals surface area contributed by atoms with Crippen molar-refractivity contribution in [3.8, 4) is 0 Å². The number of nitrogens with zero attached hydrogens (tertiary/aromatic N) is 1. The van der Waals surface area contributed by atoms with Gasteiger partial charge in [-0.2, -0.15) is 0 Å². The van der Waals surface area contributed by atoms with Crippen molar-refractivity contribution in [3.63, 3.8) is 0 Å². The molecule has 1 rings (SSSR count). The second kappa shape index (κ2) is 2.09. The minimum atomic E-state index is -3.23. The van der Waals surface area contributed by atoms with Crippen LogP contribution in [0, 0.1) is 0 Å². The smallest absolute Gasteiger partial charge is 0.257 e. The molecule has 0 spiro atoms. The lowest BCUT2D eigenvalue weighted by molar-refractivity contribution is -0.0508. The molecule has 0 aromatic rings. The van der Waals surface area contributed by atoms with Gasteiger partial charge < -0.3 is 0 Å². The first-order chi connectivity index (χ1) is 4.13. The molecule has 0 bridgehead atoms. The molecule has 4 nitrogen and oxygen atoms in total. The largest absolute Gasteiger partial charge is 0.280 e. The first-order valence-electron chi connectivity index (χ1n) is 2.41. The summed E-state index contributed by atoms with van der Waals surface area (Å²) in [5.41, 5.74) is 0. The average Bonchev–Trinajstić information content (AvgIpc) is 1.77. The molecule has 5 heteroatoms. The molecular formula is C4H7NO3S. The second-order valence-corrected chi connectivity index (χ2v) is 3.44. The van der Waals surface area contributed by atoms with Crippen LogP contribution in [0.3, 0.4) is 0 Å². The third-order valence-corrected chi connectivity index (χ3v) is 2.34. The third-order valence-electron chi connectivity index (χ3n) is 0.979. The first kappa shape index (κ1) is 6.73. The maximum absolute atomic E-state index is 10.7. The van der Waals surface area contributed by atoms with Crippen LogP contribution in [-0.2, 0) is 14.9 Å². The van der Waals surface area contributed by atoms with Crippen molar-refractivity contribution in [3.05, 3.63) is 11.5 Å². The molecule has 52 valence electrons. The van der Waals surface area contributed by atoms with Crippen LogP contribution in [0.1, 0.15) is 0 Å². The van der Waals surface area contributed by atoms with Crippen LogP contribution in [-0.4, -0.2) is 26.5 Å². The lowest BCUT2D eigenvalue weighted by Crippen LogP contribution is -2.28. The number of hydroxylamine groups is 1. The normalized spacial score (nSPS) is 26.3. The fourth-order valence-corrected chi connectivity index (χ4v) is 1.17. The minimum Gasteiger partial charge on any atom is -0.280 e. The zero-order valence-electron chi connectivity index (χ0n) is 4.94. The second-order valence-electron chi connectivity index (χ2n) is 1.62. The van der Waals surface area contributed by atoms with Crippen molar-refractivity contribution in [1.82, 2.24) is 4.47 Å². The maximum Gasteiger partial charge on any atom is 0.257 e. The van der Waals surface area contributed by atoms with Crippen molar-refractivity contribution in [2.24, 2.45) is 0 Å². The zero-order chi connectivity index (χ0) is 6.91. The van der Waals surface area contributed by atoms with E-state index < -0.39 is 10.0 Å². The highest BCUT2D eigenvalue weighted by Gasteiger charge is 2.16. The zero-order valence-corrected chi connectivity index (χ0v) is 5.76. The highest BCUT2D eigenvalue weighted by molar-refractivity contribution is 7.91. The molecule has 1 aliphatic rings. The molecule has 0 atom stereocenters. The van der Waals surface area contributed by atoms with Gasteiger partial charge in [-0.1, -0.05) is 4.47 Å². The monoisotopic (exact) mass is 149 g/mol. The Kier molecular flexibility index (Phi) is 1.56. The summed E-state index contributed by atoms with van der Waals surface area (Å²) in [7, 11) is -1.87. The summed E-state index contributed by atoms with van der Waals surface area (Å²) in [4.78, 5) is 4.65. The Hall–Kier alpha value is -0.390. The van der Waals surface area contributed by atoms with E-state index in [0.717, 1.165) is 9.88 Å². The Morgan fingerprint density at radius 2 is 2.33 bits per heavy atom. The molecule has 0 N–H and O–H groups in total. The van der Waals surface area contributed by atoms with E-state index in [1.807, 2.05) is 0 Å². The molecule has 1 aliphatic heterocycles. The third kappa shape index (κ3) is 1.29. The summed E-state index contributed by atoms with van der Waals surface area (Å²) in [6.45, 7) is 0.329. The SMILES string of the molecule is CN1OCC=CS1(=O)=O. The van der Waals surface area contributed by atoms with E-state index in [-0.39, 0.29) is 0 Å². The van der Waals surface area contributed by atoms with Crippen LogP contribution >= 0.6 is 0 Å². The fourth-order valence-electron chi connectivity index (χ4n) is 0.468. The summed E-state index contributed by atoms with van der Waals surface area (Å²) in [6, 6.07) is 0. The number of hydrogen-bond acceptors (Lipinski definition) is 3. The maximum atomic E-state index is 10.7. The van der Waals surface area contributed by atoms with Crippen molar-refractivity contribution in [1.29, 1.82) is 0 Å². The number of rotatable bonds is 0. The van der Waals surface area contributed by atoms with Gasteiger partial charge in [0.15, 0.2) is 0 Å². The summed E-state index contributed by atoms with van der Waals surface area (Å²) >= 11 is 0. The fraction of sp³-hybridized carbons (Fsp3) is 0.500. The topological polar surface area (TPSA) is 46.6 Å². The van der Waals surface area contributed by atoms with E-state index >= 15 is 0 Å². The van der Waals surface area contributed by atoms with E-state index in [1.54, 1.807) is 0 Å². The molecule has 0 radical (unpaired) electrons. The van der Waals surface area contributed by atoms with Crippen LogP contribution in [0.25, 0.3) is 0 Å². The van der Waals surface area contributed by atoms with Crippen molar-refractivity contribution >= 4 is 10.0 Å². The van der Waals surface area contributed by atoms with Gasteiger partial charge in [0, 0.05) is 12.5 Å². The number of sulfonamides is 1. The van der Waals surface area contributed by atoms with Crippen LogP contribution in [0.4, 0.5) is 0 Å². The Balaban J connectivity index is 2.95. The van der Waals surface area contributed by atoms with Crippen molar-refractivity contribution in [2.45, 2.75) is 0 Å². The molecule has 0 aliphatic carbocycles. The van der Waals surface area contributed by atoms with E-state index in [0.29, 0.717) is 6.61 Å². The molecule has 0 amide bonds. The molecule has 0 fully saturated rings. The Bertz CT molecular complexity index is 218. The van der Waals surface area contributed by atoms with Crippen LogP contribution in [0.15, 0.2) is 11.5 Å². The Morgan fingerprint density at radius 1 is 1.67 bits per heavy atom. The summed E-state index contributed by atoms with van der Waals surface area (Å²) in [5.74, 6) is 0. The molecule has 9 heavy (non-hydrogen) atoms. The summed E-state index contributed by atoms with van der Waals surface area (Å²) in [5, 5.41) is 1.12. The van der Waals surface area contributed by atoms with Gasteiger partial charge >= 0.3 is 0 Å². The molecule has 0 aromatic carbocycles. The molecule has 0 saturated carbocycles. The summed E-state index contributed by atoms with van der Waals surface area (Å²) in [6.07, 6.45) is 1.45. The van der Waals surface area contributed by atoms with Crippen LogP contribution < -0.4 is 0 Å². The van der Waals surface area contributed by atoms with Gasteiger partial charge in [-0.05, 0) is 6.08 Å². The molecule has 0 unspecified atom stereocenters. The van der Waals surface area contributed by atoms with Crippen LogP contribution in [0.2, 0.25) is 0 Å². The van der Waals surface area contributed by atoms with E-state index in [4.69, 9.17) is 0 Å². The van der Waals surface area contributed by atoms with E-state index in [1.165, 1.54) is 13.1 Å². The van der Waals surface area contributed by atoms with Gasteiger partial charge in [0.1, 0.15) is 0 Å². The highest BCUT2D eigenvalue weighted by Crippen LogP contribution is 2.05. The van der Waals surface area contributed by atoms with E-state index in [2.05, 4.69) is 4.84 Å². The first-order valence-corrected chi connectivity index (χ1v) is 3.91. The lowest BCUT2D eigenvalue weighted by Gasteiger charge is -2.16. The minimum absolute atomic E-state index is 0.329. The van der Waals surface area contributed by atoms with Gasteiger partial charge in [0.05, 0.1) is 6.61 Å². The van der Waals surface area contributed by atoms with Gasteiger partial charge in [-0.15, -0.1) is 0 Å². The predicted octanol–water partition coefficient (Wildman–Crippen LogP) is -0.293. The molecular weight excluding hydrogens is 142 g/mol. The average molecular weight is 149 g/mol. The summed E-state index contributed by atoms with van der Waals surface area (Å²) < 4.78 is 22.2. The van der Waals surface area contributed by atoms with Crippen LogP contribution in [0.5, 0.6) is 0 Å². The number of hydrogen-bond donors (Lipinski definition) is 0.